The lowest BCUT2D eigenvalue weighted by Gasteiger charge is -2.30. The first-order chi connectivity index (χ1) is 12.1. The third kappa shape index (κ3) is 6.64. The molecule has 0 radical (unpaired) electrons. The Morgan fingerprint density at radius 1 is 1.23 bits per heavy atom. The van der Waals surface area contributed by atoms with Gasteiger partial charge in [0.2, 0.25) is 0 Å². The third-order valence-electron chi connectivity index (χ3n) is 4.32. The van der Waals surface area contributed by atoms with E-state index in [1.807, 2.05) is 19.2 Å². The summed E-state index contributed by atoms with van der Waals surface area (Å²) in [5.41, 5.74) is 2.33. The van der Waals surface area contributed by atoms with Crippen molar-refractivity contribution < 1.29 is 14.7 Å². The number of methoxy groups -OCH3 is 1. The quantitative estimate of drug-likeness (QED) is 0.224. The standard InChI is InChI=1S/C18H27N3O4.HI/c1-20-13-11-16(15-9-8-10-17(24-2)18(15)20)19-12-6-4-3-5-7-14-25-21(22)23;/h8-11,13,16,19H,3-7,12,14H2,1-2H3;1H. The van der Waals surface area contributed by atoms with Crippen molar-refractivity contribution in [1.29, 1.82) is 0 Å². The highest BCUT2D eigenvalue weighted by molar-refractivity contribution is 14.0. The molecule has 146 valence electrons. The van der Waals surface area contributed by atoms with Gasteiger partial charge in [-0.2, -0.15) is 0 Å². The highest BCUT2D eigenvalue weighted by Gasteiger charge is 2.21. The van der Waals surface area contributed by atoms with E-state index in [2.05, 4.69) is 33.4 Å². The van der Waals surface area contributed by atoms with Gasteiger partial charge >= 0.3 is 0 Å². The molecule has 0 amide bonds. The van der Waals surface area contributed by atoms with Crippen LogP contribution in [-0.4, -0.2) is 32.4 Å². The van der Waals surface area contributed by atoms with Crippen molar-refractivity contribution >= 4 is 29.7 Å². The summed E-state index contributed by atoms with van der Waals surface area (Å²) in [6, 6.07) is 6.32. The first-order valence-corrected chi connectivity index (χ1v) is 8.72. The van der Waals surface area contributed by atoms with Gasteiger partial charge in [0.1, 0.15) is 5.75 Å². The Bertz CT molecular complexity index is 598. The Morgan fingerprint density at radius 2 is 1.96 bits per heavy atom. The Hall–Kier alpha value is -1.55. The van der Waals surface area contributed by atoms with E-state index in [0.29, 0.717) is 0 Å². The van der Waals surface area contributed by atoms with Crippen LogP contribution in [-0.2, 0) is 4.84 Å². The number of ether oxygens (including phenoxy) is 1. The Balaban J connectivity index is 0.00000338. The Labute approximate surface area is 171 Å². The topological polar surface area (TPSA) is 76.9 Å². The maximum atomic E-state index is 10.0. The van der Waals surface area contributed by atoms with E-state index in [9.17, 15) is 10.1 Å². The van der Waals surface area contributed by atoms with E-state index in [0.717, 1.165) is 50.1 Å². The summed E-state index contributed by atoms with van der Waals surface area (Å²) in [6.07, 6.45) is 9.18. The largest absolute Gasteiger partial charge is 0.495 e. The molecule has 1 heterocycles. The molecule has 0 saturated heterocycles. The first kappa shape index (κ1) is 22.5. The number of halogens is 1. The summed E-state index contributed by atoms with van der Waals surface area (Å²) in [4.78, 5) is 16.4. The SMILES string of the molecule is COc1cccc2c1N(C)C=CC2NCCCCCCCO[N+](=O)[O-].I. The van der Waals surface area contributed by atoms with E-state index in [4.69, 9.17) is 4.74 Å². The van der Waals surface area contributed by atoms with Crippen LogP contribution in [0.3, 0.4) is 0 Å². The summed E-state index contributed by atoms with van der Waals surface area (Å²) in [7, 11) is 3.72. The van der Waals surface area contributed by atoms with Gasteiger partial charge in [-0.15, -0.1) is 34.1 Å². The highest BCUT2D eigenvalue weighted by atomic mass is 127. The third-order valence-corrected chi connectivity index (χ3v) is 4.32. The number of hydrogen-bond acceptors (Lipinski definition) is 6. The molecule has 1 aromatic carbocycles. The van der Waals surface area contributed by atoms with Crippen LogP contribution in [0.2, 0.25) is 0 Å². The normalized spacial score (nSPS) is 15.2. The number of nitrogens with one attached hydrogen (secondary N) is 1. The zero-order chi connectivity index (χ0) is 18.1. The average Bonchev–Trinajstić information content (AvgIpc) is 2.61. The highest BCUT2D eigenvalue weighted by Crippen LogP contribution is 2.38. The lowest BCUT2D eigenvalue weighted by atomic mass is 10.00. The van der Waals surface area contributed by atoms with E-state index in [1.165, 1.54) is 5.56 Å². The van der Waals surface area contributed by atoms with Gasteiger partial charge in [-0.25, -0.2) is 0 Å². The fourth-order valence-electron chi connectivity index (χ4n) is 3.06. The van der Waals surface area contributed by atoms with Crippen LogP contribution in [0.1, 0.15) is 43.7 Å². The van der Waals surface area contributed by atoms with E-state index >= 15 is 0 Å². The van der Waals surface area contributed by atoms with Crippen LogP contribution in [0.25, 0.3) is 0 Å². The van der Waals surface area contributed by atoms with Crippen molar-refractivity contribution in [3.05, 3.63) is 46.2 Å². The number of nitrogens with zero attached hydrogens (tertiary/aromatic N) is 2. The molecule has 1 aromatic rings. The maximum absolute atomic E-state index is 10.0. The van der Waals surface area contributed by atoms with E-state index in [1.54, 1.807) is 7.11 Å². The molecule has 1 aliphatic rings. The zero-order valence-electron chi connectivity index (χ0n) is 15.3. The summed E-state index contributed by atoms with van der Waals surface area (Å²) in [6.45, 7) is 1.13. The molecule has 0 aliphatic carbocycles. The van der Waals surface area contributed by atoms with Crippen molar-refractivity contribution in [2.75, 3.05) is 32.2 Å². The number of unbranched alkanes of at least 4 members (excludes halogenated alkanes) is 4. The van der Waals surface area contributed by atoms with Gasteiger partial charge < -0.3 is 19.8 Å². The fraction of sp³-hybridized carbons (Fsp3) is 0.556. The van der Waals surface area contributed by atoms with Gasteiger partial charge in [0.05, 0.1) is 25.4 Å². The number of anilines is 1. The van der Waals surface area contributed by atoms with Crippen LogP contribution < -0.4 is 15.0 Å². The molecule has 0 bridgehead atoms. The van der Waals surface area contributed by atoms with E-state index in [-0.39, 0.29) is 36.6 Å². The van der Waals surface area contributed by atoms with Gasteiger partial charge in [-0.05, 0) is 31.5 Å². The Kier molecular flexibility index (Phi) is 10.3. The van der Waals surface area contributed by atoms with Crippen LogP contribution in [0, 0.1) is 10.1 Å². The molecule has 26 heavy (non-hydrogen) atoms. The number of fused-ring (bicyclic) bond motifs is 1. The smallest absolute Gasteiger partial charge is 0.294 e. The predicted octanol–water partition coefficient (Wildman–Crippen LogP) is 4.07. The Morgan fingerprint density at radius 3 is 2.69 bits per heavy atom. The summed E-state index contributed by atoms with van der Waals surface area (Å²) >= 11 is 0. The molecule has 1 aliphatic heterocycles. The number of hydrogen-bond donors (Lipinski definition) is 1. The minimum Gasteiger partial charge on any atom is -0.495 e. The number of rotatable bonds is 11. The van der Waals surface area contributed by atoms with Gasteiger partial charge in [-0.1, -0.05) is 31.4 Å². The molecule has 7 nitrogen and oxygen atoms in total. The van der Waals surface area contributed by atoms with Crippen LogP contribution in [0.15, 0.2) is 30.5 Å². The maximum Gasteiger partial charge on any atom is 0.294 e. The van der Waals surface area contributed by atoms with Crippen LogP contribution in [0.4, 0.5) is 5.69 Å². The monoisotopic (exact) mass is 477 g/mol. The van der Waals surface area contributed by atoms with Gasteiger partial charge in [0, 0.05) is 18.8 Å². The molecule has 1 unspecified atom stereocenters. The predicted molar refractivity (Wildman–Crippen MR) is 113 cm³/mol. The molecule has 1 atom stereocenters. The molecule has 2 rings (SSSR count). The van der Waals surface area contributed by atoms with Crippen molar-refractivity contribution in [3.8, 4) is 5.75 Å². The second-order valence-corrected chi connectivity index (χ2v) is 6.11. The number of para-hydroxylation sites is 1. The van der Waals surface area contributed by atoms with E-state index < -0.39 is 5.09 Å². The van der Waals surface area contributed by atoms with Crippen molar-refractivity contribution in [1.82, 2.24) is 5.32 Å². The summed E-state index contributed by atoms with van der Waals surface area (Å²) in [5.74, 6) is 0.882. The second kappa shape index (κ2) is 11.9. The summed E-state index contributed by atoms with van der Waals surface area (Å²) in [5, 5.41) is 12.9. The lowest BCUT2D eigenvalue weighted by molar-refractivity contribution is -0.757. The molecular formula is C18H28IN3O4. The molecule has 0 saturated carbocycles. The minimum absolute atomic E-state index is 0. The molecule has 0 aromatic heterocycles. The average molecular weight is 477 g/mol. The van der Waals surface area contributed by atoms with Crippen molar-refractivity contribution in [2.24, 2.45) is 0 Å². The van der Waals surface area contributed by atoms with Gasteiger partial charge in [0.15, 0.2) is 0 Å². The van der Waals surface area contributed by atoms with Gasteiger partial charge in [-0.3, -0.25) is 0 Å². The van der Waals surface area contributed by atoms with Crippen molar-refractivity contribution in [2.45, 2.75) is 38.1 Å². The fourth-order valence-corrected chi connectivity index (χ4v) is 3.06. The molecule has 8 heteroatoms. The van der Waals surface area contributed by atoms with Gasteiger partial charge in [0.25, 0.3) is 5.09 Å². The van der Waals surface area contributed by atoms with Crippen LogP contribution >= 0.6 is 24.0 Å². The summed E-state index contributed by atoms with van der Waals surface area (Å²) < 4.78 is 5.48. The van der Waals surface area contributed by atoms with Crippen LogP contribution in [0.5, 0.6) is 5.75 Å². The van der Waals surface area contributed by atoms with Crippen molar-refractivity contribution in [3.63, 3.8) is 0 Å². The molecule has 0 fully saturated rings. The molecule has 0 spiro atoms. The number of benzene rings is 1. The second-order valence-electron chi connectivity index (χ2n) is 6.11. The molecule has 1 N–H and O–H groups in total. The first-order valence-electron chi connectivity index (χ1n) is 8.72. The lowest BCUT2D eigenvalue weighted by Crippen LogP contribution is -2.27. The molecular weight excluding hydrogens is 449 g/mol. The zero-order valence-corrected chi connectivity index (χ0v) is 17.7. The minimum atomic E-state index is -0.730.